The molecule has 5 aromatic heterocycles. The van der Waals surface area contributed by atoms with E-state index in [0.29, 0.717) is 22.7 Å². The lowest BCUT2D eigenvalue weighted by Gasteiger charge is -2.13. The molecule has 5 rings (SSSR count). The Bertz CT molecular complexity index is 1380. The van der Waals surface area contributed by atoms with E-state index in [4.69, 9.17) is 0 Å². The number of aromatic nitrogens is 8. The number of hydrogen-bond acceptors (Lipinski definition) is 7. The molecule has 1 atom stereocenters. The fourth-order valence-electron chi connectivity index (χ4n) is 3.40. The highest BCUT2D eigenvalue weighted by atomic mass is 32.1. The number of nitrogens with zero attached hydrogens (tertiary/aromatic N) is 7. The van der Waals surface area contributed by atoms with Crippen LogP contribution in [0.1, 0.15) is 39.7 Å². The Morgan fingerprint density at radius 2 is 2.10 bits per heavy atom. The van der Waals surface area contributed by atoms with Gasteiger partial charge in [0.05, 0.1) is 40.3 Å². The number of aryl methyl sites for hydroxylation is 2. The molecule has 1 amide bonds. The van der Waals surface area contributed by atoms with Gasteiger partial charge in [-0.1, -0.05) is 5.21 Å². The van der Waals surface area contributed by atoms with Gasteiger partial charge < -0.3 is 10.3 Å². The van der Waals surface area contributed by atoms with Crippen LogP contribution < -0.4 is 5.32 Å². The first-order valence-corrected chi connectivity index (χ1v) is 10.5. The van der Waals surface area contributed by atoms with Crippen LogP contribution >= 0.6 is 11.3 Å². The number of nitrogens with one attached hydrogen (secondary N) is 2. The van der Waals surface area contributed by atoms with Crippen molar-refractivity contribution in [3.8, 4) is 16.3 Å². The van der Waals surface area contributed by atoms with Gasteiger partial charge in [-0.15, -0.1) is 26.6 Å². The first kappa shape index (κ1) is 19.1. The lowest BCUT2D eigenvalue weighted by Crippen LogP contribution is -2.28. The number of imidazole rings is 1. The molecular weight excluding hydrogens is 414 g/mol. The van der Waals surface area contributed by atoms with Crippen LogP contribution in [0.4, 0.5) is 0 Å². The van der Waals surface area contributed by atoms with Crippen LogP contribution in [0.3, 0.4) is 0 Å². The van der Waals surface area contributed by atoms with Crippen LogP contribution in [0.25, 0.3) is 21.9 Å². The van der Waals surface area contributed by atoms with Gasteiger partial charge in [0.25, 0.3) is 5.91 Å². The number of rotatable bonds is 5. The van der Waals surface area contributed by atoms with Gasteiger partial charge in [-0.2, -0.15) is 0 Å². The number of H-pyrrole nitrogens is 1. The maximum absolute atomic E-state index is 13.1. The van der Waals surface area contributed by atoms with Crippen LogP contribution in [0.2, 0.25) is 0 Å². The van der Waals surface area contributed by atoms with Crippen molar-refractivity contribution in [2.75, 3.05) is 0 Å². The highest BCUT2D eigenvalue weighted by Crippen LogP contribution is 2.30. The molecule has 0 spiro atoms. The van der Waals surface area contributed by atoms with Gasteiger partial charge >= 0.3 is 0 Å². The van der Waals surface area contributed by atoms with Crippen LogP contribution in [-0.2, 0) is 0 Å². The Balaban J connectivity index is 1.64. The molecule has 10 nitrogen and oxygen atoms in total. The maximum atomic E-state index is 13.1. The van der Waals surface area contributed by atoms with E-state index in [1.807, 2.05) is 24.4 Å². The van der Waals surface area contributed by atoms with Crippen LogP contribution in [0, 0.1) is 13.8 Å². The fraction of sp³-hybridized carbons (Fsp3) is 0.200. The van der Waals surface area contributed by atoms with Gasteiger partial charge in [0, 0.05) is 11.1 Å². The third-order valence-electron chi connectivity index (χ3n) is 4.98. The lowest BCUT2D eigenvalue weighted by molar-refractivity contribution is 0.0938. The second-order valence-electron chi connectivity index (χ2n) is 7.22. The molecule has 156 valence electrons. The number of aromatic amines is 1. The third kappa shape index (κ3) is 3.38. The summed E-state index contributed by atoms with van der Waals surface area (Å²) in [7, 11) is 0. The molecule has 0 bridgehead atoms. The van der Waals surface area contributed by atoms with Gasteiger partial charge in [0.2, 0.25) is 0 Å². The number of carbonyl (C=O) groups excluding carboxylic acids is 1. The molecule has 5 heterocycles. The van der Waals surface area contributed by atoms with Crippen LogP contribution in [0.5, 0.6) is 0 Å². The van der Waals surface area contributed by atoms with E-state index < -0.39 is 0 Å². The molecule has 0 aliphatic rings. The Morgan fingerprint density at radius 1 is 1.23 bits per heavy atom. The number of fused-ring (bicyclic) bond motifs is 1. The Hall–Kier alpha value is -3.86. The second kappa shape index (κ2) is 7.43. The number of pyridine rings is 1. The molecule has 0 aliphatic carbocycles. The van der Waals surface area contributed by atoms with Gasteiger partial charge in [0.1, 0.15) is 12.0 Å². The highest BCUT2D eigenvalue weighted by molar-refractivity contribution is 7.15. The minimum atomic E-state index is -0.329. The topological polar surface area (TPSA) is 119 Å². The zero-order chi connectivity index (χ0) is 21.5. The Kier molecular flexibility index (Phi) is 4.59. The zero-order valence-electron chi connectivity index (χ0n) is 17.1. The maximum Gasteiger partial charge on any atom is 0.253 e. The molecule has 0 saturated heterocycles. The van der Waals surface area contributed by atoms with Gasteiger partial charge in [0.15, 0.2) is 11.5 Å². The SMILES string of the molecule is Cc1ccc(-c2cnc3c(-n4nncc4C)cc(C(=O)N[C@@H](C)c4nnc[nH]4)cn23)s1. The summed E-state index contributed by atoms with van der Waals surface area (Å²) in [5.41, 5.74) is 3.58. The summed E-state index contributed by atoms with van der Waals surface area (Å²) in [6, 6.07) is 5.57. The quantitative estimate of drug-likeness (QED) is 0.440. The van der Waals surface area contributed by atoms with E-state index in [0.717, 1.165) is 16.3 Å². The molecule has 5 aromatic rings. The Labute approximate surface area is 181 Å². The predicted molar refractivity (Wildman–Crippen MR) is 115 cm³/mol. The number of thiophene rings is 1. The molecule has 0 saturated carbocycles. The number of amides is 1. The number of hydrogen-bond donors (Lipinski definition) is 2. The van der Waals surface area contributed by atoms with E-state index in [-0.39, 0.29) is 11.9 Å². The summed E-state index contributed by atoms with van der Waals surface area (Å²) < 4.78 is 3.61. The smallest absolute Gasteiger partial charge is 0.253 e. The lowest BCUT2D eigenvalue weighted by atomic mass is 10.2. The summed E-state index contributed by atoms with van der Waals surface area (Å²) in [4.78, 5) is 22.9. The van der Waals surface area contributed by atoms with Crippen molar-refractivity contribution in [3.63, 3.8) is 0 Å². The molecule has 2 N–H and O–H groups in total. The zero-order valence-corrected chi connectivity index (χ0v) is 17.9. The van der Waals surface area contributed by atoms with Gasteiger partial charge in [-0.3, -0.25) is 9.20 Å². The second-order valence-corrected chi connectivity index (χ2v) is 8.51. The Morgan fingerprint density at radius 3 is 2.77 bits per heavy atom. The van der Waals surface area contributed by atoms with Gasteiger partial charge in [-0.25, -0.2) is 9.67 Å². The average molecular weight is 434 g/mol. The summed E-state index contributed by atoms with van der Waals surface area (Å²) in [5.74, 6) is 0.339. The number of carbonyl (C=O) groups is 1. The molecule has 0 unspecified atom stereocenters. The van der Waals surface area contributed by atoms with E-state index in [2.05, 4.69) is 54.9 Å². The standard InChI is InChI=1S/C20H19N9OS/c1-11-7-23-27-29(11)15-6-14(20(30)25-13(3)18-22-10-24-26-18)9-28-16(8-21-19(15)28)17-5-4-12(2)31-17/h4-10,13H,1-3H3,(H,25,30)(H,22,24,26)/t13-/m0/s1. The average Bonchev–Trinajstić information content (AvgIpc) is 3.54. The van der Waals surface area contributed by atoms with Crippen molar-refractivity contribution in [1.82, 2.24) is 44.9 Å². The van der Waals surface area contributed by atoms with Crippen molar-refractivity contribution in [2.45, 2.75) is 26.8 Å². The van der Waals surface area contributed by atoms with E-state index in [9.17, 15) is 4.79 Å². The third-order valence-corrected chi connectivity index (χ3v) is 6.01. The monoisotopic (exact) mass is 433 g/mol. The minimum absolute atomic E-state index is 0.244. The first-order chi connectivity index (χ1) is 15.0. The van der Waals surface area contributed by atoms with Crippen LogP contribution in [-0.4, -0.2) is 45.5 Å². The van der Waals surface area contributed by atoms with Crippen molar-refractivity contribution < 1.29 is 4.79 Å². The van der Waals surface area contributed by atoms with Crippen molar-refractivity contribution in [3.05, 3.63) is 65.1 Å². The van der Waals surface area contributed by atoms with Crippen LogP contribution in [0.15, 0.2) is 43.1 Å². The summed E-state index contributed by atoms with van der Waals surface area (Å²) in [5, 5.41) is 18.9. The summed E-state index contributed by atoms with van der Waals surface area (Å²) in [6.45, 7) is 5.81. The first-order valence-electron chi connectivity index (χ1n) is 9.63. The van der Waals surface area contributed by atoms with E-state index in [1.54, 1.807) is 34.5 Å². The van der Waals surface area contributed by atoms with Crippen molar-refractivity contribution >= 4 is 22.9 Å². The highest BCUT2D eigenvalue weighted by Gasteiger charge is 2.20. The summed E-state index contributed by atoms with van der Waals surface area (Å²) >= 11 is 1.67. The largest absolute Gasteiger partial charge is 0.342 e. The molecule has 31 heavy (non-hydrogen) atoms. The molecule has 0 aromatic carbocycles. The molecule has 0 fully saturated rings. The van der Waals surface area contributed by atoms with Gasteiger partial charge in [-0.05, 0) is 39.0 Å². The fourth-order valence-corrected chi connectivity index (χ4v) is 4.28. The normalized spacial score (nSPS) is 12.4. The summed E-state index contributed by atoms with van der Waals surface area (Å²) in [6.07, 6.45) is 6.76. The molecule has 0 aliphatic heterocycles. The van der Waals surface area contributed by atoms with E-state index in [1.165, 1.54) is 11.2 Å². The molecule has 0 radical (unpaired) electrons. The molecule has 11 heteroatoms. The minimum Gasteiger partial charge on any atom is -0.342 e. The van der Waals surface area contributed by atoms with Crippen molar-refractivity contribution in [1.29, 1.82) is 0 Å². The molecular formula is C20H19N9OS. The van der Waals surface area contributed by atoms with E-state index >= 15 is 0 Å². The predicted octanol–water partition coefficient (Wildman–Crippen LogP) is 2.87. The van der Waals surface area contributed by atoms with Crippen molar-refractivity contribution in [2.24, 2.45) is 0 Å².